The van der Waals surface area contributed by atoms with Crippen LogP contribution in [0.25, 0.3) is 0 Å². The van der Waals surface area contributed by atoms with Crippen molar-refractivity contribution in [2.75, 3.05) is 39.6 Å². The average Bonchev–Trinajstić information content (AvgIpc) is 3.16. The lowest BCUT2D eigenvalue weighted by Gasteiger charge is -2.23. The third-order valence-corrected chi connectivity index (χ3v) is 9.62. The van der Waals surface area contributed by atoms with Gasteiger partial charge in [-0.3, -0.25) is 13.9 Å². The summed E-state index contributed by atoms with van der Waals surface area (Å²) in [4.78, 5) is 46.3. The minimum absolute atomic E-state index is 0.0404. The summed E-state index contributed by atoms with van der Waals surface area (Å²) in [5, 5.41) is 0.205. The normalized spacial score (nSPS) is 23.3. The second kappa shape index (κ2) is 16.6. The van der Waals surface area contributed by atoms with E-state index in [1.807, 2.05) is 0 Å². The lowest BCUT2D eigenvalue weighted by molar-refractivity contribution is -0.00352. The van der Waals surface area contributed by atoms with Crippen molar-refractivity contribution in [3.63, 3.8) is 0 Å². The van der Waals surface area contributed by atoms with Crippen LogP contribution in [0.4, 0.5) is 0 Å². The monoisotopic (exact) mass is 699 g/mol. The van der Waals surface area contributed by atoms with Crippen molar-refractivity contribution in [1.29, 1.82) is 0 Å². The molecule has 6 unspecified atom stereocenters. The summed E-state index contributed by atoms with van der Waals surface area (Å²) in [5.41, 5.74) is 5.54. The molecule has 236 valence electrons. The second-order valence-corrected chi connectivity index (χ2v) is 14.1. The van der Waals surface area contributed by atoms with Gasteiger partial charge in [-0.15, -0.1) is 0 Å². The number of hydrogen-bond donors (Lipinski definition) is 6. The summed E-state index contributed by atoms with van der Waals surface area (Å²) in [5.74, 6) is 5.26. The number of phosphoric ester groups is 2. The number of phosphoric acid groups is 4. The fraction of sp³-hybridized carbons (Fsp3) is 0.556. The molecule has 1 aromatic rings. The molecule has 1 heterocycles. The zero-order chi connectivity index (χ0) is 31.6. The zero-order valence-electron chi connectivity index (χ0n) is 21.4. The molecule has 6 atom stereocenters. The minimum atomic E-state index is -5.76. The van der Waals surface area contributed by atoms with Gasteiger partial charge in [0.25, 0.3) is 0 Å². The van der Waals surface area contributed by atoms with Gasteiger partial charge in [-0.05, 0) is 24.6 Å². The molecule has 0 saturated carbocycles. The van der Waals surface area contributed by atoms with Crippen molar-refractivity contribution in [3.8, 4) is 17.6 Å². The molecular formula is C18H27BClNO17P4. The molecule has 2 rings (SSSR count). The summed E-state index contributed by atoms with van der Waals surface area (Å²) in [6, 6.07) is 2.77. The molecule has 0 aliphatic carbocycles. The van der Waals surface area contributed by atoms with Crippen LogP contribution in [0.3, 0.4) is 0 Å². The predicted octanol–water partition coefficient (Wildman–Crippen LogP) is 1.17. The zero-order valence-corrected chi connectivity index (χ0v) is 25.7. The van der Waals surface area contributed by atoms with Crippen molar-refractivity contribution in [1.82, 2.24) is 0 Å². The third-order valence-electron chi connectivity index (χ3n) is 4.51. The maximum Gasteiger partial charge on any atom is 0.527 e. The topological polar surface area (TPSA) is 269 Å². The van der Waals surface area contributed by atoms with Crippen LogP contribution < -0.4 is 10.3 Å². The van der Waals surface area contributed by atoms with Crippen LogP contribution in [0.5, 0.6) is 5.75 Å². The first kappa shape index (κ1) is 37.5. The van der Waals surface area contributed by atoms with Gasteiger partial charge in [0.2, 0.25) is 0 Å². The van der Waals surface area contributed by atoms with E-state index in [1.54, 1.807) is 0 Å². The fourth-order valence-corrected chi connectivity index (χ4v) is 7.20. The van der Waals surface area contributed by atoms with E-state index in [0.29, 0.717) is 19.8 Å². The second-order valence-electron chi connectivity index (χ2n) is 7.94. The third kappa shape index (κ3) is 14.9. The molecule has 1 aliphatic heterocycles. The lowest BCUT2D eigenvalue weighted by atomic mass is 9.96. The molecule has 1 fully saturated rings. The fourth-order valence-electron chi connectivity index (χ4n) is 3.02. The van der Waals surface area contributed by atoms with E-state index >= 15 is 0 Å². The maximum atomic E-state index is 12.7. The molecule has 0 bridgehead atoms. The first-order valence-corrected chi connectivity index (χ1v) is 17.8. The van der Waals surface area contributed by atoms with Crippen molar-refractivity contribution < 1.29 is 79.1 Å². The molecule has 0 spiro atoms. The van der Waals surface area contributed by atoms with E-state index in [4.69, 9.17) is 58.2 Å². The molecule has 18 nitrogen and oxygen atoms in total. The van der Waals surface area contributed by atoms with Gasteiger partial charge in [0, 0.05) is 18.1 Å². The van der Waals surface area contributed by atoms with Gasteiger partial charge in [0.05, 0.1) is 31.5 Å². The number of halogens is 1. The van der Waals surface area contributed by atoms with Gasteiger partial charge >= 0.3 is 31.3 Å². The molecule has 0 aromatic heterocycles. The predicted molar refractivity (Wildman–Crippen MR) is 143 cm³/mol. The summed E-state index contributed by atoms with van der Waals surface area (Å²) in [6.07, 6.45) is -3.02. The molecule has 1 aliphatic rings. The van der Waals surface area contributed by atoms with Crippen LogP contribution in [-0.4, -0.2) is 90.1 Å². The Bertz CT molecular complexity index is 1300. The van der Waals surface area contributed by atoms with E-state index in [9.17, 15) is 32.9 Å². The quantitative estimate of drug-likeness (QED) is 0.0576. The summed E-state index contributed by atoms with van der Waals surface area (Å²) >= 11 is 6.11. The van der Waals surface area contributed by atoms with Crippen LogP contribution in [0.2, 0.25) is 5.02 Å². The Hall–Kier alpha value is -0.665. The Morgan fingerprint density at radius 3 is 2.36 bits per heavy atom. The molecule has 24 heteroatoms. The van der Waals surface area contributed by atoms with Gasteiger partial charge < -0.3 is 44.0 Å². The van der Waals surface area contributed by atoms with E-state index in [2.05, 4.69) is 25.0 Å². The molecule has 2 radical (unpaired) electrons. The Morgan fingerprint density at radius 1 is 1.00 bits per heavy atom. The van der Waals surface area contributed by atoms with E-state index < -0.39 is 56.1 Å². The van der Waals surface area contributed by atoms with Crippen molar-refractivity contribution in [2.45, 2.75) is 24.6 Å². The largest absolute Gasteiger partial charge is 0.527 e. The first-order valence-electron chi connectivity index (χ1n) is 11.4. The highest BCUT2D eigenvalue weighted by Gasteiger charge is 2.44. The van der Waals surface area contributed by atoms with Gasteiger partial charge in [0.1, 0.15) is 32.4 Å². The number of hydrogen-bond acceptors (Lipinski definition) is 13. The van der Waals surface area contributed by atoms with Crippen molar-refractivity contribution >= 4 is 50.7 Å². The van der Waals surface area contributed by atoms with E-state index in [1.165, 1.54) is 18.2 Å². The smallest absolute Gasteiger partial charge is 0.404 e. The minimum Gasteiger partial charge on any atom is -0.404 e. The Labute approximate surface area is 246 Å². The number of rotatable bonds is 17. The first-order chi connectivity index (χ1) is 19.4. The molecular weight excluding hydrogens is 672 g/mol. The van der Waals surface area contributed by atoms with Gasteiger partial charge in [-0.1, -0.05) is 23.4 Å². The van der Waals surface area contributed by atoms with Gasteiger partial charge in [0.15, 0.2) is 0 Å². The molecule has 0 amide bonds. The van der Waals surface area contributed by atoms with Gasteiger partial charge in [-0.25, -0.2) is 18.3 Å². The van der Waals surface area contributed by atoms with Crippen LogP contribution in [0, 0.1) is 11.8 Å². The Balaban J connectivity index is 1.98. The van der Waals surface area contributed by atoms with Crippen LogP contribution >= 0.6 is 42.9 Å². The molecule has 42 heavy (non-hydrogen) atoms. The molecule has 1 aromatic carbocycles. The van der Waals surface area contributed by atoms with Gasteiger partial charge in [-0.2, -0.15) is 8.62 Å². The van der Waals surface area contributed by atoms with Crippen molar-refractivity contribution in [2.24, 2.45) is 5.73 Å². The number of nitrogens with two attached hydrogens (primary N) is 1. The summed E-state index contributed by atoms with van der Waals surface area (Å²) in [6.45, 7) is 0.486. The van der Waals surface area contributed by atoms with Crippen molar-refractivity contribution in [3.05, 3.63) is 28.8 Å². The maximum absolute atomic E-state index is 12.7. The number of ether oxygens (including phenoxy) is 3. The Kier molecular flexibility index (Phi) is 14.8. The SMILES string of the molecule is [B]C1CC(OP(=O)(O)Oc2ccc(Cl)c(C#CCOCCOCCN)c2)C(COP(=O)(O)OP(=O)(O)OP(=O)(O)O)O1. The Morgan fingerprint density at radius 2 is 1.69 bits per heavy atom. The summed E-state index contributed by atoms with van der Waals surface area (Å²) in [7, 11) is -16.1. The van der Waals surface area contributed by atoms with E-state index in [0.717, 1.165) is 0 Å². The lowest BCUT2D eigenvalue weighted by Crippen LogP contribution is -2.28. The molecule has 7 N–H and O–H groups in total. The van der Waals surface area contributed by atoms with Crippen LogP contribution in [-0.2, 0) is 50.1 Å². The van der Waals surface area contributed by atoms with Crippen LogP contribution in [0.15, 0.2) is 18.2 Å². The highest BCUT2D eigenvalue weighted by atomic mass is 35.5. The summed E-state index contributed by atoms with van der Waals surface area (Å²) < 4.78 is 84.3. The average molecular weight is 700 g/mol. The number of benzene rings is 1. The standard InChI is InChI=1S/C18H27BClNO17P4/c19-18-11-16(17(34-18)12-33-40(25,26)38-42(29,30)37-39(22,23)24)36-41(27,28)35-14-3-4-15(20)13(10-14)2-1-6-31-8-9-32-7-5-21/h3-4,10,16-18H,5-9,11-12,21H2,(H,25,26)(H,27,28)(H,29,30)(H2,22,23,24). The highest BCUT2D eigenvalue weighted by Crippen LogP contribution is 2.66. The molecule has 1 saturated heterocycles. The highest BCUT2D eigenvalue weighted by molar-refractivity contribution is 7.66. The van der Waals surface area contributed by atoms with E-state index in [-0.39, 0.29) is 36.0 Å². The van der Waals surface area contributed by atoms with Crippen LogP contribution in [0.1, 0.15) is 12.0 Å².